The molecular weight excluding hydrogens is 562 g/mol. The Labute approximate surface area is 260 Å². The summed E-state index contributed by atoms with van der Waals surface area (Å²) >= 11 is 0. The van der Waals surface area contributed by atoms with E-state index in [1.165, 1.54) is 0 Å². The van der Waals surface area contributed by atoms with E-state index in [9.17, 15) is 24.3 Å². The number of benzene rings is 2. The molecule has 0 saturated heterocycles. The first-order valence-electron chi connectivity index (χ1n) is 15.4. The number of ether oxygens (including phenoxy) is 2. The maximum absolute atomic E-state index is 13.3. The van der Waals surface area contributed by atoms with E-state index in [0.717, 1.165) is 22.3 Å². The molecule has 0 bridgehead atoms. The van der Waals surface area contributed by atoms with Crippen LogP contribution < -0.4 is 16.0 Å². The van der Waals surface area contributed by atoms with Gasteiger partial charge in [-0.15, -0.1) is 0 Å². The first-order valence-corrected chi connectivity index (χ1v) is 15.4. The SMILES string of the molecule is CC(C)C[C@@H](CNC(=O)OCC1c2ccccc2-c2ccccc21)C(=O)N[C@@H](CCCCNC(=O)OC(C)(C)C)CC(=O)O. The number of carbonyl (C=O) groups is 4. The predicted molar refractivity (Wildman–Crippen MR) is 168 cm³/mol. The van der Waals surface area contributed by atoms with Crippen molar-refractivity contribution in [3.05, 3.63) is 59.7 Å². The van der Waals surface area contributed by atoms with Crippen LogP contribution in [0.15, 0.2) is 48.5 Å². The summed E-state index contributed by atoms with van der Waals surface area (Å²) in [4.78, 5) is 49.3. The molecule has 0 fully saturated rings. The third-order valence-corrected chi connectivity index (χ3v) is 7.38. The first kappa shape index (κ1) is 34.4. The van der Waals surface area contributed by atoms with Gasteiger partial charge in [0.15, 0.2) is 0 Å². The van der Waals surface area contributed by atoms with E-state index in [1.807, 2.05) is 38.1 Å². The molecule has 0 aliphatic heterocycles. The summed E-state index contributed by atoms with van der Waals surface area (Å²) in [6, 6.07) is 15.6. The Hall–Kier alpha value is -4.08. The highest BCUT2D eigenvalue weighted by Gasteiger charge is 2.30. The maximum atomic E-state index is 13.3. The molecular formula is C34H47N3O7. The van der Waals surface area contributed by atoms with Crippen LogP contribution in [0.5, 0.6) is 0 Å². The van der Waals surface area contributed by atoms with Gasteiger partial charge in [-0.3, -0.25) is 9.59 Å². The molecule has 3 amide bonds. The zero-order valence-corrected chi connectivity index (χ0v) is 26.5. The molecule has 44 heavy (non-hydrogen) atoms. The van der Waals surface area contributed by atoms with Crippen molar-refractivity contribution < 1.29 is 33.8 Å². The lowest BCUT2D eigenvalue weighted by molar-refractivity contribution is -0.138. The number of amides is 3. The largest absolute Gasteiger partial charge is 0.481 e. The molecule has 10 nitrogen and oxygen atoms in total. The Morgan fingerprint density at radius 1 is 0.886 bits per heavy atom. The summed E-state index contributed by atoms with van der Waals surface area (Å²) in [5.41, 5.74) is 3.92. The lowest BCUT2D eigenvalue weighted by atomic mass is 9.95. The van der Waals surface area contributed by atoms with Crippen LogP contribution in [-0.4, -0.2) is 60.5 Å². The van der Waals surface area contributed by atoms with Crippen LogP contribution in [0.25, 0.3) is 11.1 Å². The summed E-state index contributed by atoms with van der Waals surface area (Å²) in [5.74, 6) is -1.78. The van der Waals surface area contributed by atoms with Crippen LogP contribution in [0.2, 0.25) is 0 Å². The normalized spacial score (nSPS) is 13.8. The molecule has 0 unspecified atom stereocenters. The Morgan fingerprint density at radius 2 is 1.50 bits per heavy atom. The Morgan fingerprint density at radius 3 is 2.07 bits per heavy atom. The molecule has 0 saturated carbocycles. The molecule has 0 aromatic heterocycles. The number of carboxylic acid groups (broad SMARTS) is 1. The second-order valence-electron chi connectivity index (χ2n) is 12.8. The predicted octanol–water partition coefficient (Wildman–Crippen LogP) is 5.84. The third kappa shape index (κ3) is 10.9. The number of alkyl carbamates (subject to hydrolysis) is 2. The zero-order chi connectivity index (χ0) is 32.3. The van der Waals surface area contributed by atoms with Crippen LogP contribution in [0.1, 0.15) is 83.8 Å². The van der Waals surface area contributed by atoms with Crippen LogP contribution in [-0.2, 0) is 19.1 Å². The fourth-order valence-corrected chi connectivity index (χ4v) is 5.48. The van der Waals surface area contributed by atoms with Crippen molar-refractivity contribution in [1.29, 1.82) is 0 Å². The molecule has 2 aromatic carbocycles. The number of rotatable bonds is 15. The first-order chi connectivity index (χ1) is 20.8. The number of unbranched alkanes of at least 4 members (excludes halogenated alkanes) is 1. The standard InChI is InChI=1S/C34H47N3O7/c1-22(2)18-23(31(40)37-24(19-30(38)39)12-10-11-17-35-33(42)44-34(3,4)5)20-36-32(41)43-21-29-27-15-8-6-13-25(27)26-14-7-9-16-28(26)29/h6-9,13-16,22-24,29H,10-12,17-21H2,1-5H3,(H,35,42)(H,36,41)(H,37,40)(H,38,39)/t23-,24-/m0/s1. The highest BCUT2D eigenvalue weighted by Crippen LogP contribution is 2.44. The fourth-order valence-electron chi connectivity index (χ4n) is 5.48. The van der Waals surface area contributed by atoms with E-state index in [-0.39, 0.29) is 37.3 Å². The minimum absolute atomic E-state index is 0.0697. The smallest absolute Gasteiger partial charge is 0.407 e. The van der Waals surface area contributed by atoms with E-state index < -0.39 is 35.7 Å². The van der Waals surface area contributed by atoms with Crippen molar-refractivity contribution in [2.45, 2.75) is 84.3 Å². The van der Waals surface area contributed by atoms with Crippen LogP contribution in [0.3, 0.4) is 0 Å². The summed E-state index contributed by atoms with van der Waals surface area (Å²) in [5, 5.41) is 17.7. The highest BCUT2D eigenvalue weighted by atomic mass is 16.6. The Kier molecular flexibility index (Phi) is 12.6. The van der Waals surface area contributed by atoms with Gasteiger partial charge in [-0.1, -0.05) is 62.4 Å². The molecule has 2 aromatic rings. The quantitative estimate of drug-likeness (QED) is 0.186. The van der Waals surface area contributed by atoms with Crippen molar-refractivity contribution in [1.82, 2.24) is 16.0 Å². The molecule has 4 N–H and O–H groups in total. The van der Waals surface area contributed by atoms with Gasteiger partial charge in [-0.05, 0) is 74.6 Å². The van der Waals surface area contributed by atoms with Crippen molar-refractivity contribution in [3.8, 4) is 11.1 Å². The lowest BCUT2D eigenvalue weighted by Crippen LogP contribution is -2.44. The van der Waals surface area contributed by atoms with Gasteiger partial charge in [0.25, 0.3) is 0 Å². The minimum atomic E-state index is -1.01. The third-order valence-electron chi connectivity index (χ3n) is 7.38. The molecule has 0 radical (unpaired) electrons. The van der Waals surface area contributed by atoms with E-state index in [4.69, 9.17) is 9.47 Å². The number of aliphatic carboxylic acids is 1. The van der Waals surface area contributed by atoms with Gasteiger partial charge in [0.05, 0.1) is 12.3 Å². The second kappa shape index (κ2) is 16.1. The van der Waals surface area contributed by atoms with Gasteiger partial charge in [0.2, 0.25) is 5.91 Å². The number of nitrogens with one attached hydrogen (secondary N) is 3. The van der Waals surface area contributed by atoms with Crippen molar-refractivity contribution in [2.24, 2.45) is 11.8 Å². The molecule has 1 aliphatic carbocycles. The lowest BCUT2D eigenvalue weighted by Gasteiger charge is -2.23. The van der Waals surface area contributed by atoms with Crippen molar-refractivity contribution in [3.63, 3.8) is 0 Å². The van der Waals surface area contributed by atoms with Gasteiger partial charge >= 0.3 is 18.2 Å². The van der Waals surface area contributed by atoms with Gasteiger partial charge in [-0.2, -0.15) is 0 Å². The second-order valence-corrected chi connectivity index (χ2v) is 12.8. The van der Waals surface area contributed by atoms with Gasteiger partial charge in [-0.25, -0.2) is 9.59 Å². The maximum Gasteiger partial charge on any atom is 0.407 e. The highest BCUT2D eigenvalue weighted by molar-refractivity contribution is 5.81. The summed E-state index contributed by atoms with van der Waals surface area (Å²) in [6.45, 7) is 9.94. The fraction of sp³-hybridized carbons (Fsp3) is 0.529. The molecule has 0 heterocycles. The van der Waals surface area contributed by atoms with Crippen LogP contribution in [0.4, 0.5) is 9.59 Å². The van der Waals surface area contributed by atoms with Crippen molar-refractivity contribution >= 4 is 24.1 Å². The minimum Gasteiger partial charge on any atom is -0.481 e. The molecule has 2 atom stereocenters. The Balaban J connectivity index is 1.50. The van der Waals surface area contributed by atoms with E-state index in [0.29, 0.717) is 32.2 Å². The summed E-state index contributed by atoms with van der Waals surface area (Å²) in [6.07, 6.45) is 0.808. The number of carboxylic acids is 1. The van der Waals surface area contributed by atoms with E-state index in [1.54, 1.807) is 20.8 Å². The van der Waals surface area contributed by atoms with Gasteiger partial charge < -0.3 is 30.5 Å². The average molecular weight is 610 g/mol. The van der Waals surface area contributed by atoms with Gasteiger partial charge in [0, 0.05) is 25.0 Å². The monoisotopic (exact) mass is 609 g/mol. The van der Waals surface area contributed by atoms with Crippen molar-refractivity contribution in [2.75, 3.05) is 19.7 Å². The number of fused-ring (bicyclic) bond motifs is 3. The molecule has 3 rings (SSSR count). The van der Waals surface area contributed by atoms with Gasteiger partial charge in [0.1, 0.15) is 12.2 Å². The summed E-state index contributed by atoms with van der Waals surface area (Å²) in [7, 11) is 0. The number of carbonyl (C=O) groups excluding carboxylic acids is 3. The Bertz CT molecular complexity index is 1240. The van der Waals surface area contributed by atoms with Crippen LogP contribution >= 0.6 is 0 Å². The van der Waals surface area contributed by atoms with Crippen LogP contribution in [0, 0.1) is 11.8 Å². The molecule has 240 valence electrons. The molecule has 10 heteroatoms. The molecule has 1 aliphatic rings. The number of hydrogen-bond acceptors (Lipinski definition) is 6. The average Bonchev–Trinajstić information content (AvgIpc) is 3.26. The van der Waals surface area contributed by atoms with E-state index >= 15 is 0 Å². The molecule has 0 spiro atoms. The number of hydrogen-bond donors (Lipinski definition) is 4. The topological polar surface area (TPSA) is 143 Å². The zero-order valence-electron chi connectivity index (χ0n) is 26.5. The van der Waals surface area contributed by atoms with E-state index in [2.05, 4.69) is 40.2 Å². The summed E-state index contributed by atoms with van der Waals surface area (Å²) < 4.78 is 10.8.